The molecule has 98 valence electrons. The first-order valence-corrected chi connectivity index (χ1v) is 5.98. The van der Waals surface area contributed by atoms with Crippen LogP contribution in [0, 0.1) is 11.3 Å². The standard InChI is InChI=1S/C12H14O6/c1-6(13)16-5-12-4-3-7(18-12)8-9(14)17-10(15)11(8,12)2/h7-8H,3-5H2,1-2H3/t7-,8+,11+,12-/m1/s1. The molecular formula is C12H14O6. The van der Waals surface area contributed by atoms with Gasteiger partial charge in [-0.1, -0.05) is 0 Å². The molecule has 3 heterocycles. The van der Waals surface area contributed by atoms with Crippen molar-refractivity contribution in [1.29, 1.82) is 0 Å². The van der Waals surface area contributed by atoms with Crippen LogP contribution >= 0.6 is 0 Å². The fourth-order valence-electron chi connectivity index (χ4n) is 3.49. The van der Waals surface area contributed by atoms with Crippen LogP contribution in [0.4, 0.5) is 0 Å². The van der Waals surface area contributed by atoms with E-state index in [4.69, 9.17) is 14.2 Å². The van der Waals surface area contributed by atoms with Gasteiger partial charge in [0.25, 0.3) is 0 Å². The Morgan fingerprint density at radius 3 is 2.89 bits per heavy atom. The van der Waals surface area contributed by atoms with Crippen LogP contribution in [-0.4, -0.2) is 36.2 Å². The zero-order valence-corrected chi connectivity index (χ0v) is 10.2. The number of fused-ring (bicyclic) bond motifs is 5. The first kappa shape index (κ1) is 11.6. The van der Waals surface area contributed by atoms with Crippen molar-refractivity contribution in [3.05, 3.63) is 0 Å². The maximum absolute atomic E-state index is 12.0. The first-order valence-electron chi connectivity index (χ1n) is 5.98. The number of esters is 3. The topological polar surface area (TPSA) is 78.9 Å². The molecule has 0 N–H and O–H groups in total. The predicted molar refractivity (Wildman–Crippen MR) is 56.2 cm³/mol. The van der Waals surface area contributed by atoms with E-state index in [9.17, 15) is 14.4 Å². The lowest BCUT2D eigenvalue weighted by atomic mass is 9.62. The van der Waals surface area contributed by atoms with Gasteiger partial charge in [0, 0.05) is 6.92 Å². The number of carbonyl (C=O) groups excluding carboxylic acids is 3. The number of rotatable bonds is 2. The summed E-state index contributed by atoms with van der Waals surface area (Å²) >= 11 is 0. The van der Waals surface area contributed by atoms with Crippen molar-refractivity contribution in [2.75, 3.05) is 6.61 Å². The van der Waals surface area contributed by atoms with Gasteiger partial charge in [0.2, 0.25) is 0 Å². The minimum absolute atomic E-state index is 0.00574. The van der Waals surface area contributed by atoms with Gasteiger partial charge in [-0.3, -0.25) is 14.4 Å². The highest BCUT2D eigenvalue weighted by molar-refractivity contribution is 6.01. The number of carbonyl (C=O) groups is 3. The average Bonchev–Trinajstić information content (AvgIpc) is 2.87. The zero-order valence-electron chi connectivity index (χ0n) is 10.2. The summed E-state index contributed by atoms with van der Waals surface area (Å²) in [7, 11) is 0. The molecule has 0 spiro atoms. The summed E-state index contributed by atoms with van der Waals surface area (Å²) in [4.78, 5) is 34.6. The van der Waals surface area contributed by atoms with Crippen LogP contribution in [0.3, 0.4) is 0 Å². The molecule has 0 aromatic heterocycles. The van der Waals surface area contributed by atoms with Crippen LogP contribution in [0.25, 0.3) is 0 Å². The first-order chi connectivity index (χ1) is 8.41. The second-order valence-corrected chi connectivity index (χ2v) is 5.36. The van der Waals surface area contributed by atoms with Crippen LogP contribution < -0.4 is 0 Å². The normalized spacial score (nSPS) is 45.0. The third-order valence-corrected chi connectivity index (χ3v) is 4.53. The molecule has 0 aromatic carbocycles. The lowest BCUT2D eigenvalue weighted by Gasteiger charge is -2.37. The molecular weight excluding hydrogens is 240 g/mol. The zero-order chi connectivity index (χ0) is 13.1. The third kappa shape index (κ3) is 1.14. The van der Waals surface area contributed by atoms with Crippen molar-refractivity contribution in [2.45, 2.75) is 38.4 Å². The van der Waals surface area contributed by atoms with Gasteiger partial charge in [-0.15, -0.1) is 0 Å². The number of hydrogen-bond donors (Lipinski definition) is 0. The van der Waals surface area contributed by atoms with E-state index in [-0.39, 0.29) is 12.7 Å². The Balaban J connectivity index is 1.98. The summed E-state index contributed by atoms with van der Waals surface area (Å²) in [6.45, 7) is 2.97. The third-order valence-electron chi connectivity index (χ3n) is 4.53. The van der Waals surface area contributed by atoms with Gasteiger partial charge in [-0.2, -0.15) is 0 Å². The van der Waals surface area contributed by atoms with Gasteiger partial charge >= 0.3 is 17.9 Å². The second kappa shape index (κ2) is 3.32. The van der Waals surface area contributed by atoms with Gasteiger partial charge in [0.05, 0.1) is 6.10 Å². The lowest BCUT2D eigenvalue weighted by Crippen LogP contribution is -2.53. The summed E-state index contributed by atoms with van der Waals surface area (Å²) in [5, 5.41) is 0. The molecule has 6 nitrogen and oxygen atoms in total. The summed E-state index contributed by atoms with van der Waals surface area (Å²) in [5.41, 5.74) is -1.93. The van der Waals surface area contributed by atoms with Crippen LogP contribution in [0.15, 0.2) is 0 Å². The second-order valence-electron chi connectivity index (χ2n) is 5.36. The minimum atomic E-state index is -1.03. The fourth-order valence-corrected chi connectivity index (χ4v) is 3.49. The van der Waals surface area contributed by atoms with E-state index in [1.54, 1.807) is 6.92 Å². The van der Waals surface area contributed by atoms with Crippen LogP contribution in [0.2, 0.25) is 0 Å². The summed E-state index contributed by atoms with van der Waals surface area (Å²) < 4.78 is 15.6. The lowest BCUT2D eigenvalue weighted by molar-refractivity contribution is -0.171. The van der Waals surface area contributed by atoms with Crippen molar-refractivity contribution >= 4 is 17.9 Å². The highest BCUT2D eigenvalue weighted by atomic mass is 16.6. The van der Waals surface area contributed by atoms with E-state index < -0.39 is 34.8 Å². The van der Waals surface area contributed by atoms with Crippen LogP contribution in [-0.2, 0) is 28.6 Å². The highest BCUT2D eigenvalue weighted by Gasteiger charge is 2.76. The van der Waals surface area contributed by atoms with E-state index in [0.29, 0.717) is 12.8 Å². The van der Waals surface area contributed by atoms with Gasteiger partial charge in [-0.05, 0) is 19.8 Å². The summed E-state index contributed by atoms with van der Waals surface area (Å²) in [5.74, 6) is -2.07. The Morgan fingerprint density at radius 1 is 1.50 bits per heavy atom. The molecule has 3 saturated heterocycles. The van der Waals surface area contributed by atoms with Crippen molar-refractivity contribution in [3.8, 4) is 0 Å². The molecule has 0 amide bonds. The molecule has 3 rings (SSSR count). The molecule has 6 heteroatoms. The van der Waals surface area contributed by atoms with Crippen LogP contribution in [0.1, 0.15) is 26.7 Å². The number of cyclic esters (lactones) is 2. The van der Waals surface area contributed by atoms with Gasteiger partial charge in [-0.25, -0.2) is 0 Å². The Labute approximate surface area is 104 Å². The van der Waals surface area contributed by atoms with Crippen molar-refractivity contribution in [3.63, 3.8) is 0 Å². The molecule has 0 saturated carbocycles. The van der Waals surface area contributed by atoms with E-state index in [0.717, 1.165) is 0 Å². The molecule has 0 aromatic rings. The van der Waals surface area contributed by atoms with Gasteiger partial charge in [0.1, 0.15) is 23.5 Å². The monoisotopic (exact) mass is 254 g/mol. The quantitative estimate of drug-likeness (QED) is 0.517. The van der Waals surface area contributed by atoms with Crippen LogP contribution in [0.5, 0.6) is 0 Å². The molecule has 0 aliphatic carbocycles. The van der Waals surface area contributed by atoms with E-state index in [1.165, 1.54) is 6.92 Å². The molecule has 2 bridgehead atoms. The Kier molecular flexibility index (Phi) is 2.15. The van der Waals surface area contributed by atoms with E-state index >= 15 is 0 Å². The van der Waals surface area contributed by atoms with Gasteiger partial charge in [0.15, 0.2) is 0 Å². The molecule has 3 fully saturated rings. The summed E-state index contributed by atoms with van der Waals surface area (Å²) in [6.07, 6.45) is 0.981. The molecule has 0 radical (unpaired) electrons. The van der Waals surface area contributed by atoms with Gasteiger partial charge < -0.3 is 14.2 Å². The maximum Gasteiger partial charge on any atom is 0.323 e. The van der Waals surface area contributed by atoms with E-state index in [1.807, 2.05) is 0 Å². The van der Waals surface area contributed by atoms with E-state index in [2.05, 4.69) is 0 Å². The number of hydrogen-bond acceptors (Lipinski definition) is 6. The molecule has 0 unspecified atom stereocenters. The Hall–Kier alpha value is -1.43. The molecule has 3 aliphatic heterocycles. The maximum atomic E-state index is 12.0. The largest absolute Gasteiger partial charge is 0.463 e. The van der Waals surface area contributed by atoms with Crippen molar-refractivity contribution in [1.82, 2.24) is 0 Å². The number of ether oxygens (including phenoxy) is 3. The smallest absolute Gasteiger partial charge is 0.323 e. The minimum Gasteiger partial charge on any atom is -0.463 e. The molecule has 18 heavy (non-hydrogen) atoms. The highest BCUT2D eigenvalue weighted by Crippen LogP contribution is 2.62. The fraction of sp³-hybridized carbons (Fsp3) is 0.750. The molecule has 4 atom stereocenters. The Morgan fingerprint density at radius 2 is 2.22 bits per heavy atom. The van der Waals surface area contributed by atoms with Crippen molar-refractivity contribution in [2.24, 2.45) is 11.3 Å². The Bertz CT molecular complexity index is 457. The predicted octanol–water partition coefficient (Wildman–Crippen LogP) is 0.187. The SMILES string of the molecule is CC(=O)OC[C@@]12CC[C@@H](O1)[C@H]1C(=O)OC(=O)[C@]12C. The summed E-state index contributed by atoms with van der Waals surface area (Å²) in [6, 6.07) is 0. The average molecular weight is 254 g/mol. The van der Waals surface area contributed by atoms with Crippen molar-refractivity contribution < 1.29 is 28.6 Å². The molecule has 3 aliphatic rings.